The van der Waals surface area contributed by atoms with Crippen LogP contribution in [0, 0.1) is 5.41 Å². The van der Waals surface area contributed by atoms with E-state index in [4.69, 9.17) is 4.74 Å². The maximum Gasteiger partial charge on any atom is 0.225 e. The minimum atomic E-state index is 0.139. The SMILES string of the molecule is CC(C)Oc1ccnc(NCC2(C)CCCC2)n1. The van der Waals surface area contributed by atoms with Gasteiger partial charge in [-0.1, -0.05) is 19.8 Å². The van der Waals surface area contributed by atoms with Crippen LogP contribution >= 0.6 is 0 Å². The number of nitrogens with one attached hydrogen (secondary N) is 1. The van der Waals surface area contributed by atoms with E-state index in [1.165, 1.54) is 25.7 Å². The number of hydrogen-bond donors (Lipinski definition) is 1. The zero-order chi connectivity index (χ0) is 13.0. The van der Waals surface area contributed by atoms with Gasteiger partial charge in [-0.2, -0.15) is 4.98 Å². The van der Waals surface area contributed by atoms with Gasteiger partial charge in [-0.3, -0.25) is 0 Å². The van der Waals surface area contributed by atoms with Gasteiger partial charge in [0.25, 0.3) is 0 Å². The van der Waals surface area contributed by atoms with Gasteiger partial charge in [0.1, 0.15) is 0 Å². The lowest BCUT2D eigenvalue weighted by molar-refractivity contribution is 0.232. The monoisotopic (exact) mass is 249 g/mol. The van der Waals surface area contributed by atoms with Gasteiger partial charge in [0.2, 0.25) is 11.8 Å². The Bertz CT molecular complexity index is 386. The molecule has 1 fully saturated rings. The van der Waals surface area contributed by atoms with Gasteiger partial charge in [0, 0.05) is 18.8 Å². The summed E-state index contributed by atoms with van der Waals surface area (Å²) < 4.78 is 5.56. The summed E-state index contributed by atoms with van der Waals surface area (Å²) >= 11 is 0. The molecular formula is C14H23N3O. The molecule has 1 aliphatic carbocycles. The first-order chi connectivity index (χ1) is 8.57. The first-order valence-electron chi connectivity index (χ1n) is 6.81. The van der Waals surface area contributed by atoms with Crippen LogP contribution in [0.15, 0.2) is 12.3 Å². The second-order valence-corrected chi connectivity index (χ2v) is 5.76. The van der Waals surface area contributed by atoms with E-state index in [1.54, 1.807) is 12.3 Å². The van der Waals surface area contributed by atoms with Crippen molar-refractivity contribution in [1.29, 1.82) is 0 Å². The Morgan fingerprint density at radius 1 is 1.39 bits per heavy atom. The van der Waals surface area contributed by atoms with Crippen LogP contribution in [-0.4, -0.2) is 22.6 Å². The molecule has 2 rings (SSSR count). The summed E-state index contributed by atoms with van der Waals surface area (Å²) in [4.78, 5) is 8.60. The smallest absolute Gasteiger partial charge is 0.225 e. The Morgan fingerprint density at radius 2 is 2.11 bits per heavy atom. The second-order valence-electron chi connectivity index (χ2n) is 5.76. The molecule has 1 heterocycles. The van der Waals surface area contributed by atoms with E-state index >= 15 is 0 Å². The van der Waals surface area contributed by atoms with Crippen LogP contribution in [0.1, 0.15) is 46.5 Å². The summed E-state index contributed by atoms with van der Waals surface area (Å²) in [6.45, 7) is 7.27. The molecule has 0 saturated heterocycles. The van der Waals surface area contributed by atoms with E-state index in [1.807, 2.05) is 13.8 Å². The Balaban J connectivity index is 1.92. The van der Waals surface area contributed by atoms with E-state index in [0.717, 1.165) is 6.54 Å². The van der Waals surface area contributed by atoms with Crippen LogP contribution in [0.2, 0.25) is 0 Å². The van der Waals surface area contributed by atoms with Crippen molar-refractivity contribution in [3.63, 3.8) is 0 Å². The van der Waals surface area contributed by atoms with Crippen LogP contribution in [0.4, 0.5) is 5.95 Å². The Hall–Kier alpha value is -1.32. The van der Waals surface area contributed by atoms with Crippen molar-refractivity contribution in [2.45, 2.75) is 52.6 Å². The summed E-state index contributed by atoms with van der Waals surface area (Å²) in [5, 5.41) is 3.34. The number of anilines is 1. The van der Waals surface area contributed by atoms with Crippen LogP contribution < -0.4 is 10.1 Å². The van der Waals surface area contributed by atoms with Gasteiger partial charge >= 0.3 is 0 Å². The van der Waals surface area contributed by atoms with Crippen molar-refractivity contribution in [2.75, 3.05) is 11.9 Å². The topological polar surface area (TPSA) is 47.0 Å². The standard InChI is InChI=1S/C14H23N3O/c1-11(2)18-12-6-9-15-13(17-12)16-10-14(3)7-4-5-8-14/h6,9,11H,4-5,7-8,10H2,1-3H3,(H,15,16,17). The number of hydrogen-bond acceptors (Lipinski definition) is 4. The molecule has 0 aromatic carbocycles. The average molecular weight is 249 g/mol. The molecule has 0 aliphatic heterocycles. The molecule has 0 atom stereocenters. The third-order valence-corrected chi connectivity index (χ3v) is 3.47. The van der Waals surface area contributed by atoms with Gasteiger partial charge in [0.05, 0.1) is 6.10 Å². The molecular weight excluding hydrogens is 226 g/mol. The van der Waals surface area contributed by atoms with E-state index in [0.29, 0.717) is 17.2 Å². The van der Waals surface area contributed by atoms with Crippen molar-refractivity contribution < 1.29 is 4.74 Å². The number of aromatic nitrogens is 2. The van der Waals surface area contributed by atoms with Gasteiger partial charge in [0.15, 0.2) is 0 Å². The Kier molecular flexibility index (Phi) is 4.04. The van der Waals surface area contributed by atoms with Crippen molar-refractivity contribution in [2.24, 2.45) is 5.41 Å². The lowest BCUT2D eigenvalue weighted by Crippen LogP contribution is -2.23. The van der Waals surface area contributed by atoms with Crippen molar-refractivity contribution in [3.8, 4) is 5.88 Å². The minimum Gasteiger partial charge on any atom is -0.475 e. The molecule has 0 radical (unpaired) electrons. The summed E-state index contributed by atoms with van der Waals surface area (Å²) in [7, 11) is 0. The second kappa shape index (κ2) is 5.55. The highest BCUT2D eigenvalue weighted by Crippen LogP contribution is 2.37. The molecule has 1 aromatic rings. The zero-order valence-corrected chi connectivity index (χ0v) is 11.6. The van der Waals surface area contributed by atoms with E-state index < -0.39 is 0 Å². The molecule has 0 spiro atoms. The molecule has 1 saturated carbocycles. The average Bonchev–Trinajstić information content (AvgIpc) is 2.74. The fraction of sp³-hybridized carbons (Fsp3) is 0.714. The van der Waals surface area contributed by atoms with Gasteiger partial charge in [-0.15, -0.1) is 0 Å². The van der Waals surface area contributed by atoms with Crippen LogP contribution in [0.3, 0.4) is 0 Å². The van der Waals surface area contributed by atoms with E-state index in [2.05, 4.69) is 22.2 Å². The molecule has 18 heavy (non-hydrogen) atoms. The Morgan fingerprint density at radius 3 is 2.78 bits per heavy atom. The van der Waals surface area contributed by atoms with Crippen LogP contribution in [0.5, 0.6) is 5.88 Å². The predicted octanol–water partition coefficient (Wildman–Crippen LogP) is 3.26. The van der Waals surface area contributed by atoms with Gasteiger partial charge in [-0.05, 0) is 32.1 Å². The molecule has 1 aliphatic rings. The maximum atomic E-state index is 5.56. The third kappa shape index (κ3) is 3.59. The first-order valence-corrected chi connectivity index (χ1v) is 6.81. The zero-order valence-electron chi connectivity index (χ0n) is 11.6. The number of rotatable bonds is 5. The quantitative estimate of drug-likeness (QED) is 0.870. The molecule has 4 heteroatoms. The normalized spacial score (nSPS) is 18.0. The Labute approximate surface area is 109 Å². The summed E-state index contributed by atoms with van der Waals surface area (Å²) in [6.07, 6.45) is 7.15. The molecule has 100 valence electrons. The molecule has 4 nitrogen and oxygen atoms in total. The minimum absolute atomic E-state index is 0.139. The van der Waals surface area contributed by atoms with Crippen molar-refractivity contribution >= 4 is 5.95 Å². The lowest BCUT2D eigenvalue weighted by atomic mass is 9.89. The highest BCUT2D eigenvalue weighted by Gasteiger charge is 2.28. The predicted molar refractivity (Wildman–Crippen MR) is 72.9 cm³/mol. The fourth-order valence-corrected chi connectivity index (χ4v) is 2.43. The summed E-state index contributed by atoms with van der Waals surface area (Å²) in [6, 6.07) is 1.79. The fourth-order valence-electron chi connectivity index (χ4n) is 2.43. The molecule has 0 unspecified atom stereocenters. The van der Waals surface area contributed by atoms with Crippen molar-refractivity contribution in [1.82, 2.24) is 9.97 Å². The van der Waals surface area contributed by atoms with Crippen LogP contribution in [-0.2, 0) is 0 Å². The largest absolute Gasteiger partial charge is 0.475 e. The first kappa shape index (κ1) is 13.1. The maximum absolute atomic E-state index is 5.56. The van der Waals surface area contributed by atoms with E-state index in [9.17, 15) is 0 Å². The highest BCUT2D eigenvalue weighted by molar-refractivity contribution is 5.28. The molecule has 0 bridgehead atoms. The highest BCUT2D eigenvalue weighted by atomic mass is 16.5. The lowest BCUT2D eigenvalue weighted by Gasteiger charge is -2.23. The van der Waals surface area contributed by atoms with Crippen molar-refractivity contribution in [3.05, 3.63) is 12.3 Å². The summed E-state index contributed by atoms with van der Waals surface area (Å²) in [5.74, 6) is 1.31. The van der Waals surface area contributed by atoms with Gasteiger partial charge < -0.3 is 10.1 Å². The molecule has 1 N–H and O–H groups in total. The molecule has 0 amide bonds. The number of ether oxygens (including phenoxy) is 1. The van der Waals surface area contributed by atoms with Gasteiger partial charge in [-0.25, -0.2) is 4.98 Å². The summed E-state index contributed by atoms with van der Waals surface area (Å²) in [5.41, 5.74) is 0.401. The molecule has 1 aromatic heterocycles. The van der Waals surface area contributed by atoms with E-state index in [-0.39, 0.29) is 6.10 Å². The third-order valence-electron chi connectivity index (χ3n) is 3.47. The number of nitrogens with zero attached hydrogens (tertiary/aromatic N) is 2. The van der Waals surface area contributed by atoms with Crippen LogP contribution in [0.25, 0.3) is 0 Å².